The molecule has 22 heavy (non-hydrogen) atoms. The average molecular weight is 308 g/mol. The third-order valence-electron chi connectivity index (χ3n) is 3.51. The van der Waals surface area contributed by atoms with Gasteiger partial charge >= 0.3 is 0 Å². The summed E-state index contributed by atoms with van der Waals surface area (Å²) in [6, 6.07) is 13.7. The van der Waals surface area contributed by atoms with Crippen molar-refractivity contribution < 1.29 is 4.79 Å². The summed E-state index contributed by atoms with van der Waals surface area (Å²) in [5.74, 6) is 0.0289. The summed E-state index contributed by atoms with van der Waals surface area (Å²) in [6.07, 6.45) is 3.48. The van der Waals surface area contributed by atoms with E-state index in [1.54, 1.807) is 6.08 Å². The molecule has 0 aliphatic heterocycles. The highest BCUT2D eigenvalue weighted by molar-refractivity contribution is 7.12. The van der Waals surface area contributed by atoms with Crippen LogP contribution in [0.2, 0.25) is 0 Å². The number of benzene rings is 1. The topological polar surface area (TPSA) is 34.9 Å². The number of thiophene rings is 1. The molecule has 0 fully saturated rings. The van der Waals surface area contributed by atoms with Crippen LogP contribution in [0.25, 0.3) is 11.8 Å². The standard InChI is InChI=1S/C18H16N2OS/c1-13-16(10-11-17(21)18-9-6-12-22-18)14(2)20(19-13)15-7-4-3-5-8-15/h3-12H,1-2H3/b11-10+. The smallest absolute Gasteiger partial charge is 0.195 e. The second kappa shape index (κ2) is 6.12. The van der Waals surface area contributed by atoms with Crippen LogP contribution in [0, 0.1) is 13.8 Å². The van der Waals surface area contributed by atoms with Crippen molar-refractivity contribution >= 4 is 23.2 Å². The Morgan fingerprint density at radius 3 is 2.59 bits per heavy atom. The molecule has 0 radical (unpaired) electrons. The molecule has 2 heterocycles. The molecule has 0 unspecified atom stereocenters. The van der Waals surface area contributed by atoms with Crippen molar-refractivity contribution in [3.05, 3.63) is 75.7 Å². The van der Waals surface area contributed by atoms with Crippen molar-refractivity contribution in [2.75, 3.05) is 0 Å². The molecule has 0 saturated heterocycles. The van der Waals surface area contributed by atoms with Crippen LogP contribution in [0.1, 0.15) is 26.6 Å². The van der Waals surface area contributed by atoms with Crippen LogP contribution in [0.3, 0.4) is 0 Å². The van der Waals surface area contributed by atoms with E-state index < -0.39 is 0 Å². The molecule has 3 nitrogen and oxygen atoms in total. The van der Waals surface area contributed by atoms with Gasteiger partial charge in [0, 0.05) is 11.3 Å². The summed E-state index contributed by atoms with van der Waals surface area (Å²) in [6.45, 7) is 3.98. The van der Waals surface area contributed by atoms with Crippen LogP contribution in [0.5, 0.6) is 0 Å². The Labute approximate surface area is 133 Å². The predicted molar refractivity (Wildman–Crippen MR) is 90.7 cm³/mol. The lowest BCUT2D eigenvalue weighted by atomic mass is 10.1. The number of rotatable bonds is 4. The number of aryl methyl sites for hydroxylation is 1. The number of carbonyl (C=O) groups is 1. The van der Waals surface area contributed by atoms with Crippen molar-refractivity contribution in [3.8, 4) is 5.69 Å². The zero-order valence-electron chi connectivity index (χ0n) is 12.5. The number of hydrogen-bond acceptors (Lipinski definition) is 3. The molecule has 0 atom stereocenters. The summed E-state index contributed by atoms with van der Waals surface area (Å²) in [5.41, 5.74) is 3.96. The quantitative estimate of drug-likeness (QED) is 0.527. The summed E-state index contributed by atoms with van der Waals surface area (Å²) >= 11 is 1.46. The maximum Gasteiger partial charge on any atom is 0.195 e. The van der Waals surface area contributed by atoms with Crippen LogP contribution < -0.4 is 0 Å². The van der Waals surface area contributed by atoms with Gasteiger partial charge in [0.15, 0.2) is 5.78 Å². The Balaban J connectivity index is 1.92. The fraction of sp³-hybridized carbons (Fsp3) is 0.111. The highest BCUT2D eigenvalue weighted by Gasteiger charge is 2.11. The van der Waals surface area contributed by atoms with E-state index in [4.69, 9.17) is 0 Å². The Morgan fingerprint density at radius 1 is 1.14 bits per heavy atom. The van der Waals surface area contributed by atoms with Gasteiger partial charge in [0.05, 0.1) is 16.3 Å². The first-order valence-corrected chi connectivity index (χ1v) is 7.92. The van der Waals surface area contributed by atoms with Crippen LogP contribution >= 0.6 is 11.3 Å². The average Bonchev–Trinajstić information content (AvgIpc) is 3.15. The number of carbonyl (C=O) groups excluding carboxylic acids is 1. The monoisotopic (exact) mass is 308 g/mol. The highest BCUT2D eigenvalue weighted by atomic mass is 32.1. The number of nitrogens with zero attached hydrogens (tertiary/aromatic N) is 2. The number of hydrogen-bond donors (Lipinski definition) is 0. The van der Waals surface area contributed by atoms with Crippen LogP contribution in [-0.2, 0) is 0 Å². The van der Waals surface area contributed by atoms with E-state index in [1.807, 2.05) is 72.4 Å². The largest absolute Gasteiger partial charge is 0.288 e. The third-order valence-corrected chi connectivity index (χ3v) is 4.40. The number of aromatic nitrogens is 2. The molecule has 4 heteroatoms. The number of para-hydroxylation sites is 1. The zero-order valence-corrected chi connectivity index (χ0v) is 13.3. The van der Waals surface area contributed by atoms with E-state index in [0.29, 0.717) is 0 Å². The van der Waals surface area contributed by atoms with Crippen molar-refractivity contribution in [3.63, 3.8) is 0 Å². The van der Waals surface area contributed by atoms with Gasteiger partial charge in [-0.3, -0.25) is 4.79 Å². The van der Waals surface area contributed by atoms with Crippen molar-refractivity contribution in [2.45, 2.75) is 13.8 Å². The normalized spacial score (nSPS) is 11.2. The molecule has 1 aromatic carbocycles. The fourth-order valence-corrected chi connectivity index (χ4v) is 3.02. The van der Waals surface area contributed by atoms with Gasteiger partial charge in [-0.25, -0.2) is 4.68 Å². The van der Waals surface area contributed by atoms with Crippen molar-refractivity contribution in [2.24, 2.45) is 0 Å². The second-order valence-corrected chi connectivity index (χ2v) is 5.95. The molecule has 0 saturated carbocycles. The number of allylic oxidation sites excluding steroid dienone is 1. The highest BCUT2D eigenvalue weighted by Crippen LogP contribution is 2.20. The molecule has 0 bridgehead atoms. The molecule has 0 N–H and O–H groups in total. The molecular formula is C18H16N2OS. The van der Waals surface area contributed by atoms with E-state index in [2.05, 4.69) is 5.10 Å². The Kier molecular flexibility index (Phi) is 4.02. The van der Waals surface area contributed by atoms with E-state index in [0.717, 1.165) is 27.5 Å². The van der Waals surface area contributed by atoms with Gasteiger partial charge in [-0.05, 0) is 49.6 Å². The molecule has 3 rings (SSSR count). The molecule has 2 aromatic heterocycles. The third kappa shape index (κ3) is 2.78. The SMILES string of the molecule is Cc1nn(-c2ccccc2)c(C)c1/C=C/C(=O)c1cccs1. The lowest BCUT2D eigenvalue weighted by Crippen LogP contribution is -1.98. The first kappa shape index (κ1) is 14.5. The summed E-state index contributed by atoms with van der Waals surface area (Å²) in [7, 11) is 0. The maximum atomic E-state index is 12.1. The molecule has 0 aliphatic carbocycles. The lowest BCUT2D eigenvalue weighted by molar-refractivity contribution is 0.105. The first-order chi connectivity index (χ1) is 10.7. The summed E-state index contributed by atoms with van der Waals surface area (Å²) in [5, 5.41) is 6.49. The van der Waals surface area contributed by atoms with Gasteiger partial charge in [0.2, 0.25) is 0 Å². The lowest BCUT2D eigenvalue weighted by Gasteiger charge is -2.03. The minimum absolute atomic E-state index is 0.0289. The Morgan fingerprint density at radius 2 is 1.91 bits per heavy atom. The predicted octanol–water partition coefficient (Wildman–Crippen LogP) is 4.45. The van der Waals surface area contributed by atoms with Gasteiger partial charge in [0.25, 0.3) is 0 Å². The van der Waals surface area contributed by atoms with E-state index in [-0.39, 0.29) is 5.78 Å². The van der Waals surface area contributed by atoms with Gasteiger partial charge in [-0.2, -0.15) is 5.10 Å². The Hall–Kier alpha value is -2.46. The Bertz CT molecular complexity index is 814. The molecular weight excluding hydrogens is 292 g/mol. The first-order valence-electron chi connectivity index (χ1n) is 7.04. The number of ketones is 1. The molecule has 0 amide bonds. The molecule has 3 aromatic rings. The zero-order chi connectivity index (χ0) is 15.5. The van der Waals surface area contributed by atoms with Crippen LogP contribution in [0.15, 0.2) is 53.9 Å². The summed E-state index contributed by atoms with van der Waals surface area (Å²) in [4.78, 5) is 12.8. The van der Waals surface area contributed by atoms with E-state index >= 15 is 0 Å². The summed E-state index contributed by atoms with van der Waals surface area (Å²) < 4.78 is 1.91. The fourth-order valence-electron chi connectivity index (χ4n) is 2.38. The molecule has 0 spiro atoms. The minimum Gasteiger partial charge on any atom is -0.288 e. The second-order valence-electron chi connectivity index (χ2n) is 5.01. The van der Waals surface area contributed by atoms with Gasteiger partial charge in [-0.15, -0.1) is 11.3 Å². The van der Waals surface area contributed by atoms with Gasteiger partial charge in [-0.1, -0.05) is 24.3 Å². The van der Waals surface area contributed by atoms with Gasteiger partial charge < -0.3 is 0 Å². The van der Waals surface area contributed by atoms with Crippen molar-refractivity contribution in [1.82, 2.24) is 9.78 Å². The van der Waals surface area contributed by atoms with E-state index in [9.17, 15) is 4.79 Å². The van der Waals surface area contributed by atoms with Crippen LogP contribution in [-0.4, -0.2) is 15.6 Å². The van der Waals surface area contributed by atoms with Gasteiger partial charge in [0.1, 0.15) is 0 Å². The van der Waals surface area contributed by atoms with Crippen LogP contribution in [0.4, 0.5) is 0 Å². The van der Waals surface area contributed by atoms with E-state index in [1.165, 1.54) is 11.3 Å². The molecule has 110 valence electrons. The van der Waals surface area contributed by atoms with Crippen molar-refractivity contribution in [1.29, 1.82) is 0 Å². The molecule has 0 aliphatic rings. The minimum atomic E-state index is 0.0289. The maximum absolute atomic E-state index is 12.1.